The molecule has 432 valence electrons. The minimum atomic E-state index is -4.72. The second-order valence-corrected chi connectivity index (χ2v) is 22.9. The number of phosphoric ester groups is 1. The molecule has 0 saturated heterocycles. The highest BCUT2D eigenvalue weighted by Gasteiger charge is 2.27. The summed E-state index contributed by atoms with van der Waals surface area (Å²) in [6.45, 7) is 6.73. The first-order valence-corrected chi connectivity index (χ1v) is 32.0. The lowest BCUT2D eigenvalue weighted by molar-refractivity contribution is -0.870. The number of quaternary nitrogens is 1. The number of rotatable bonds is 54. The van der Waals surface area contributed by atoms with Crippen molar-refractivity contribution in [1.82, 2.24) is 5.32 Å². The van der Waals surface area contributed by atoms with E-state index in [0.717, 1.165) is 96.3 Å². The van der Waals surface area contributed by atoms with Gasteiger partial charge in [0.15, 0.2) is 0 Å². The smallest absolute Gasteiger partial charge is 0.306 e. The molecule has 0 aliphatic rings. The zero-order chi connectivity index (χ0) is 55.0. The van der Waals surface area contributed by atoms with Gasteiger partial charge in [-0.25, -0.2) is 0 Å². The minimum absolute atomic E-state index is 0.0378. The van der Waals surface area contributed by atoms with Gasteiger partial charge in [-0.3, -0.25) is 14.2 Å². The number of phosphoric acid groups is 1. The Kier molecular flexibility index (Phi) is 52.1. The first-order valence-electron chi connectivity index (χ1n) is 30.5. The first-order chi connectivity index (χ1) is 36.4. The number of carbonyl (C=O) groups excluding carboxylic acids is 2. The quantitative estimate of drug-likeness (QED) is 0.0212. The summed E-state index contributed by atoms with van der Waals surface area (Å²) in [5.74, 6) is -0.624. The molecule has 0 aromatic heterocycles. The summed E-state index contributed by atoms with van der Waals surface area (Å²) in [6, 6.07) is -0.923. The molecule has 3 unspecified atom stereocenters. The number of esters is 1. The van der Waals surface area contributed by atoms with Crippen molar-refractivity contribution in [2.24, 2.45) is 0 Å². The highest BCUT2D eigenvalue weighted by atomic mass is 31.2. The van der Waals surface area contributed by atoms with Gasteiger partial charge in [0.2, 0.25) is 5.91 Å². The van der Waals surface area contributed by atoms with Gasteiger partial charge in [-0.1, -0.05) is 227 Å². The number of amides is 1. The van der Waals surface area contributed by atoms with Crippen LogP contribution in [0.1, 0.15) is 252 Å². The molecular weight excluding hydrogens is 952 g/mol. The Morgan fingerprint density at radius 3 is 1.27 bits per heavy atom. The fourth-order valence-corrected chi connectivity index (χ4v) is 8.95. The summed E-state index contributed by atoms with van der Waals surface area (Å²) < 4.78 is 30.2. The third kappa shape index (κ3) is 55.5. The number of likely N-dealkylation sites (N-methyl/N-ethyl adjacent to an activating group) is 1. The number of unbranched alkanes of at least 4 members (excludes halogenated alkanes) is 24. The van der Waals surface area contributed by atoms with Crippen LogP contribution < -0.4 is 10.2 Å². The second kappa shape index (κ2) is 54.3. The van der Waals surface area contributed by atoms with E-state index in [4.69, 9.17) is 13.8 Å². The summed E-state index contributed by atoms with van der Waals surface area (Å²) in [7, 11) is 1.14. The molecule has 0 radical (unpaired) electrons. The van der Waals surface area contributed by atoms with E-state index in [2.05, 4.69) is 111 Å². The van der Waals surface area contributed by atoms with E-state index in [-0.39, 0.29) is 25.4 Å². The fourth-order valence-electron chi connectivity index (χ4n) is 8.23. The average Bonchev–Trinajstić information content (AvgIpc) is 3.37. The van der Waals surface area contributed by atoms with Crippen LogP contribution in [0, 0.1) is 0 Å². The number of nitrogens with zero attached hydrogens (tertiary/aromatic N) is 1. The molecule has 1 amide bonds. The number of allylic oxidation sites excluding steroid dienone is 15. The Morgan fingerprint density at radius 2 is 0.827 bits per heavy atom. The minimum Gasteiger partial charge on any atom is -0.756 e. The van der Waals surface area contributed by atoms with Crippen molar-refractivity contribution in [2.45, 2.75) is 264 Å². The van der Waals surface area contributed by atoms with E-state index < -0.39 is 32.5 Å². The molecule has 0 spiro atoms. The predicted octanol–water partition coefficient (Wildman–Crippen LogP) is 18.1. The average molecular weight is 1070 g/mol. The Morgan fingerprint density at radius 1 is 0.467 bits per heavy atom. The number of hydrogen-bond acceptors (Lipinski definition) is 7. The number of nitrogens with one attached hydrogen (secondary N) is 1. The highest BCUT2D eigenvalue weighted by molar-refractivity contribution is 7.45. The molecule has 10 heteroatoms. The molecule has 0 fully saturated rings. The van der Waals surface area contributed by atoms with Gasteiger partial charge in [0.05, 0.1) is 33.8 Å². The Balaban J connectivity index is 5.43. The van der Waals surface area contributed by atoms with Crippen molar-refractivity contribution in [2.75, 3.05) is 40.9 Å². The lowest BCUT2D eigenvalue weighted by Gasteiger charge is -2.30. The van der Waals surface area contributed by atoms with Crippen LogP contribution in [0.2, 0.25) is 0 Å². The Bertz CT molecular complexity index is 1610. The SMILES string of the molecule is CCCCC/C=C\C/C=C\C/C=C\C/C=C\CCCC(=O)OC(/C=C/CCCCCCCCCCCCC)C(COP(=O)([O-])OCC[N+](C)(C)C)NC(=O)CCCCCCCC/C=C\C/C=C\C/C=C\CCCCC. The van der Waals surface area contributed by atoms with E-state index in [1.807, 2.05) is 33.3 Å². The van der Waals surface area contributed by atoms with Crippen molar-refractivity contribution in [3.05, 3.63) is 97.2 Å². The molecule has 0 bridgehead atoms. The lowest BCUT2D eigenvalue weighted by Crippen LogP contribution is -2.47. The van der Waals surface area contributed by atoms with Crippen LogP contribution in [0.5, 0.6) is 0 Å². The third-order valence-corrected chi connectivity index (χ3v) is 14.0. The van der Waals surface area contributed by atoms with Crippen LogP contribution in [0.4, 0.5) is 0 Å². The van der Waals surface area contributed by atoms with Crippen LogP contribution >= 0.6 is 7.82 Å². The van der Waals surface area contributed by atoms with Gasteiger partial charge >= 0.3 is 5.97 Å². The summed E-state index contributed by atoms with van der Waals surface area (Å²) in [5.41, 5.74) is 0. The van der Waals surface area contributed by atoms with Gasteiger partial charge in [-0.05, 0) is 109 Å². The van der Waals surface area contributed by atoms with E-state index in [1.54, 1.807) is 0 Å². The van der Waals surface area contributed by atoms with Crippen LogP contribution in [0.3, 0.4) is 0 Å². The largest absolute Gasteiger partial charge is 0.756 e. The first kappa shape index (κ1) is 71.9. The van der Waals surface area contributed by atoms with Gasteiger partial charge < -0.3 is 28.5 Å². The van der Waals surface area contributed by atoms with Crippen molar-refractivity contribution < 1.29 is 37.3 Å². The molecule has 0 rings (SSSR count). The van der Waals surface area contributed by atoms with Crippen molar-refractivity contribution in [3.8, 4) is 0 Å². The molecule has 0 aliphatic carbocycles. The van der Waals surface area contributed by atoms with E-state index in [0.29, 0.717) is 23.9 Å². The van der Waals surface area contributed by atoms with Crippen LogP contribution in [0.15, 0.2) is 97.2 Å². The molecule has 3 atom stereocenters. The molecule has 0 saturated carbocycles. The zero-order valence-electron chi connectivity index (χ0n) is 49.2. The number of hydrogen-bond donors (Lipinski definition) is 1. The number of carbonyl (C=O) groups is 2. The van der Waals surface area contributed by atoms with Gasteiger partial charge in [-0.2, -0.15) is 0 Å². The molecule has 9 nitrogen and oxygen atoms in total. The summed E-state index contributed by atoms with van der Waals surface area (Å²) in [5, 5.41) is 3.01. The predicted molar refractivity (Wildman–Crippen MR) is 321 cm³/mol. The van der Waals surface area contributed by atoms with Crippen LogP contribution in [-0.2, 0) is 27.9 Å². The molecule has 0 aromatic rings. The van der Waals surface area contributed by atoms with Gasteiger partial charge in [-0.15, -0.1) is 0 Å². The van der Waals surface area contributed by atoms with E-state index in [1.165, 1.54) is 109 Å². The fraction of sp³-hybridized carbons (Fsp3) is 0.723. The molecular formula is C65H115N2O7P. The summed E-state index contributed by atoms with van der Waals surface area (Å²) in [4.78, 5) is 39.9. The molecule has 75 heavy (non-hydrogen) atoms. The summed E-state index contributed by atoms with van der Waals surface area (Å²) >= 11 is 0. The van der Waals surface area contributed by atoms with Gasteiger partial charge in [0.25, 0.3) is 7.82 Å². The monoisotopic (exact) mass is 1070 g/mol. The maximum absolute atomic E-state index is 13.5. The van der Waals surface area contributed by atoms with Crippen molar-refractivity contribution in [3.63, 3.8) is 0 Å². The van der Waals surface area contributed by atoms with Crippen LogP contribution in [0.25, 0.3) is 0 Å². The van der Waals surface area contributed by atoms with E-state index >= 15 is 0 Å². The lowest BCUT2D eigenvalue weighted by atomic mass is 10.0. The van der Waals surface area contributed by atoms with Gasteiger partial charge in [0, 0.05) is 12.8 Å². The van der Waals surface area contributed by atoms with E-state index in [9.17, 15) is 19.0 Å². The number of ether oxygens (including phenoxy) is 1. The zero-order valence-corrected chi connectivity index (χ0v) is 50.1. The second-order valence-electron chi connectivity index (χ2n) is 21.5. The molecule has 0 aliphatic heterocycles. The maximum Gasteiger partial charge on any atom is 0.306 e. The van der Waals surface area contributed by atoms with Gasteiger partial charge in [0.1, 0.15) is 19.3 Å². The Hall–Kier alpha value is -3.07. The van der Waals surface area contributed by atoms with Crippen molar-refractivity contribution in [1.29, 1.82) is 0 Å². The molecule has 1 N–H and O–H groups in total. The maximum atomic E-state index is 13.5. The highest BCUT2D eigenvalue weighted by Crippen LogP contribution is 2.38. The Labute approximate surface area is 462 Å². The molecule has 0 heterocycles. The normalized spacial score (nSPS) is 14.4. The third-order valence-electron chi connectivity index (χ3n) is 13.0. The standard InChI is InChI=1S/C65H115N2O7P/c1-7-10-13-16-19-22-25-28-30-32-33-35-36-39-42-45-48-51-54-57-64(68)66-62(61-73-75(70,71)72-60-59-67(4,5)6)63(56-53-50-47-44-41-38-27-24-21-18-15-12-9-3)74-65(69)58-55-52-49-46-43-40-37-34-31-29-26-23-20-17-14-11-8-2/h19-20,22-23,28-31,33,35,37,40,46,49,53,56,62-63H,7-18,21,24-27,32,34,36,38-39,41-45,47-48,50-52,54-55,57-61H2,1-6H3,(H-,66,68,70,71)/b22-19-,23-20-,30-28-,31-29-,35-33-,40-37-,49-46-,56-53+. The summed E-state index contributed by atoms with van der Waals surface area (Å²) in [6.07, 6.45) is 72.3. The van der Waals surface area contributed by atoms with Crippen molar-refractivity contribution >= 4 is 19.7 Å². The van der Waals surface area contributed by atoms with Crippen LogP contribution in [-0.4, -0.2) is 69.4 Å². The topological polar surface area (TPSA) is 114 Å². The molecule has 0 aromatic carbocycles.